The first-order valence-corrected chi connectivity index (χ1v) is 12.2. The summed E-state index contributed by atoms with van der Waals surface area (Å²) in [6.45, 7) is 3.75. The summed E-state index contributed by atoms with van der Waals surface area (Å²) >= 11 is 0.708. The molecule has 0 radical (unpaired) electrons. The molecule has 0 aliphatic rings. The van der Waals surface area contributed by atoms with Crippen LogP contribution in [0.3, 0.4) is 0 Å². The predicted molar refractivity (Wildman–Crippen MR) is 124 cm³/mol. The topological polar surface area (TPSA) is 136 Å². The van der Waals surface area contributed by atoms with Gasteiger partial charge in [-0.15, -0.1) is 10.2 Å². The predicted octanol–water partition coefficient (Wildman–Crippen LogP) is 2.91. The van der Waals surface area contributed by atoms with Gasteiger partial charge in [0.1, 0.15) is 23.1 Å². The number of ether oxygens (including phenoxy) is 2. The molecule has 0 unspecified atom stereocenters. The third kappa shape index (κ3) is 5.05. The number of aryl methyl sites for hydroxylation is 1. The molecule has 1 amide bonds. The van der Waals surface area contributed by atoms with E-state index in [1.165, 1.54) is 6.08 Å². The zero-order valence-electron chi connectivity index (χ0n) is 18.5. The van der Waals surface area contributed by atoms with Crippen LogP contribution in [0, 0.1) is 25.2 Å². The Morgan fingerprint density at radius 2 is 1.94 bits per heavy atom. The lowest BCUT2D eigenvalue weighted by Gasteiger charge is -2.15. The minimum absolute atomic E-state index is 0.0202. The number of hydrogen-bond acceptors (Lipinski definition) is 9. The van der Waals surface area contributed by atoms with Crippen molar-refractivity contribution in [1.29, 1.82) is 5.26 Å². The minimum Gasteiger partial charge on any atom is -0.497 e. The highest BCUT2D eigenvalue weighted by Crippen LogP contribution is 2.32. The summed E-state index contributed by atoms with van der Waals surface area (Å²) in [6.07, 6.45) is 2.45. The molecule has 3 aromatic rings. The van der Waals surface area contributed by atoms with Crippen molar-refractivity contribution in [2.45, 2.75) is 18.2 Å². The van der Waals surface area contributed by atoms with Crippen molar-refractivity contribution in [3.05, 3.63) is 46.8 Å². The van der Waals surface area contributed by atoms with Crippen LogP contribution in [0.4, 0.5) is 5.13 Å². The molecule has 172 valence electrons. The monoisotopic (exact) mass is 487 g/mol. The standard InChI is InChI=1S/C21H21N5O5S2/c1-12-8-14(13(2)26(12)17-10-16(30-3)6-7-18(17)31-4)9-15(11-22)19(27)23-20-24-25-21(32-20)33(5,28)29/h6-10H,1-5H3,(H,23,24,27)/b15-9-. The number of nitrogens with zero attached hydrogens (tertiary/aromatic N) is 4. The van der Waals surface area contributed by atoms with Gasteiger partial charge in [0.25, 0.3) is 5.91 Å². The van der Waals surface area contributed by atoms with Gasteiger partial charge >= 0.3 is 0 Å². The maximum Gasteiger partial charge on any atom is 0.268 e. The number of amides is 1. The lowest BCUT2D eigenvalue weighted by molar-refractivity contribution is -0.112. The largest absolute Gasteiger partial charge is 0.497 e. The van der Waals surface area contributed by atoms with Crippen molar-refractivity contribution in [3.8, 4) is 23.3 Å². The molecule has 1 N–H and O–H groups in total. The Labute approximate surface area is 195 Å². The molecule has 0 saturated carbocycles. The van der Waals surface area contributed by atoms with Gasteiger partial charge in [0.15, 0.2) is 0 Å². The summed E-state index contributed by atoms with van der Waals surface area (Å²) in [6, 6.07) is 9.13. The first kappa shape index (κ1) is 24.0. The summed E-state index contributed by atoms with van der Waals surface area (Å²) in [5.41, 5.74) is 2.85. The maximum absolute atomic E-state index is 12.6. The SMILES string of the molecule is COc1ccc(OC)c(-n2c(C)cc(/C=C(/C#N)C(=O)Nc3nnc(S(C)(=O)=O)s3)c2C)c1. The highest BCUT2D eigenvalue weighted by Gasteiger charge is 2.19. The number of nitriles is 1. The molecule has 0 aliphatic carbocycles. The number of hydrogen-bond donors (Lipinski definition) is 1. The second kappa shape index (κ2) is 9.43. The fourth-order valence-corrected chi connectivity index (χ4v) is 4.66. The lowest BCUT2D eigenvalue weighted by atomic mass is 10.1. The van der Waals surface area contributed by atoms with Gasteiger partial charge in [0, 0.05) is 23.7 Å². The van der Waals surface area contributed by atoms with Crippen LogP contribution in [0.25, 0.3) is 11.8 Å². The van der Waals surface area contributed by atoms with Crippen LogP contribution in [0.2, 0.25) is 0 Å². The molecule has 1 aromatic carbocycles. The van der Waals surface area contributed by atoms with E-state index in [1.807, 2.05) is 36.6 Å². The molecule has 2 aromatic heterocycles. The normalized spacial score (nSPS) is 11.7. The fourth-order valence-electron chi connectivity index (χ4n) is 3.15. The van der Waals surface area contributed by atoms with E-state index in [-0.39, 0.29) is 15.0 Å². The first-order chi connectivity index (χ1) is 15.6. The smallest absolute Gasteiger partial charge is 0.268 e. The number of methoxy groups -OCH3 is 2. The van der Waals surface area contributed by atoms with Crippen molar-refractivity contribution in [1.82, 2.24) is 14.8 Å². The van der Waals surface area contributed by atoms with Gasteiger partial charge in [0.05, 0.1) is 19.9 Å². The number of nitrogens with one attached hydrogen (secondary N) is 1. The average molecular weight is 488 g/mol. The third-order valence-electron chi connectivity index (χ3n) is 4.71. The van der Waals surface area contributed by atoms with Crippen molar-refractivity contribution in [2.24, 2.45) is 0 Å². The Bertz CT molecular complexity index is 1400. The number of rotatable bonds is 7. The molecular formula is C21H21N5O5S2. The molecule has 33 heavy (non-hydrogen) atoms. The van der Waals surface area contributed by atoms with E-state index in [4.69, 9.17) is 9.47 Å². The van der Waals surface area contributed by atoms with E-state index >= 15 is 0 Å². The number of sulfone groups is 1. The summed E-state index contributed by atoms with van der Waals surface area (Å²) in [7, 11) is -0.401. The summed E-state index contributed by atoms with van der Waals surface area (Å²) in [5, 5.41) is 19.1. The van der Waals surface area contributed by atoms with Crippen LogP contribution in [-0.4, -0.2) is 49.6 Å². The van der Waals surface area contributed by atoms with Crippen LogP contribution in [-0.2, 0) is 14.6 Å². The molecule has 0 atom stereocenters. The van der Waals surface area contributed by atoms with Crippen molar-refractivity contribution in [3.63, 3.8) is 0 Å². The molecule has 0 aliphatic heterocycles. The van der Waals surface area contributed by atoms with E-state index in [0.717, 1.165) is 23.3 Å². The highest BCUT2D eigenvalue weighted by molar-refractivity contribution is 7.92. The zero-order valence-corrected chi connectivity index (χ0v) is 20.2. The molecule has 0 bridgehead atoms. The molecule has 12 heteroatoms. The van der Waals surface area contributed by atoms with Gasteiger partial charge in [-0.05, 0) is 43.7 Å². The van der Waals surface area contributed by atoms with Gasteiger partial charge in [-0.3, -0.25) is 10.1 Å². The van der Waals surface area contributed by atoms with Crippen molar-refractivity contribution < 1.29 is 22.7 Å². The second-order valence-corrected chi connectivity index (χ2v) is 10.1. The van der Waals surface area contributed by atoms with Crippen LogP contribution in [0.5, 0.6) is 11.5 Å². The molecule has 10 nitrogen and oxygen atoms in total. The van der Waals surface area contributed by atoms with E-state index in [9.17, 15) is 18.5 Å². The van der Waals surface area contributed by atoms with Crippen molar-refractivity contribution >= 4 is 38.3 Å². The number of carbonyl (C=O) groups is 1. The fraction of sp³-hybridized carbons (Fsp3) is 0.238. The first-order valence-electron chi connectivity index (χ1n) is 9.47. The molecule has 0 spiro atoms. The second-order valence-electron chi connectivity index (χ2n) is 6.97. The van der Waals surface area contributed by atoms with E-state index in [1.54, 1.807) is 26.4 Å². The number of aromatic nitrogens is 3. The number of carbonyl (C=O) groups excluding carboxylic acids is 1. The summed E-state index contributed by atoms with van der Waals surface area (Å²) < 4.78 is 35.6. The zero-order chi connectivity index (χ0) is 24.3. The molecule has 2 heterocycles. The van der Waals surface area contributed by atoms with E-state index in [2.05, 4.69) is 15.5 Å². The van der Waals surface area contributed by atoms with E-state index < -0.39 is 15.7 Å². The van der Waals surface area contributed by atoms with Gasteiger partial charge in [-0.2, -0.15) is 5.26 Å². The molecule has 0 fully saturated rings. The Morgan fingerprint density at radius 1 is 1.21 bits per heavy atom. The third-order valence-corrected chi connectivity index (χ3v) is 7.21. The van der Waals surface area contributed by atoms with Gasteiger partial charge in [-0.1, -0.05) is 11.3 Å². The van der Waals surface area contributed by atoms with Crippen LogP contribution in [0.1, 0.15) is 17.0 Å². The van der Waals surface area contributed by atoms with Gasteiger partial charge in [-0.25, -0.2) is 8.42 Å². The quantitative estimate of drug-likeness (QED) is 0.305. The van der Waals surface area contributed by atoms with Gasteiger partial charge < -0.3 is 14.0 Å². The molecule has 3 rings (SSSR count). The Balaban J connectivity index is 1.97. The Hall–Kier alpha value is -3.69. The van der Waals surface area contributed by atoms with Crippen LogP contribution in [0.15, 0.2) is 34.2 Å². The average Bonchev–Trinajstić information content (AvgIpc) is 3.35. The Kier molecular flexibility index (Phi) is 6.85. The summed E-state index contributed by atoms with van der Waals surface area (Å²) in [5.74, 6) is 0.555. The van der Waals surface area contributed by atoms with E-state index in [0.29, 0.717) is 28.4 Å². The molecular weight excluding hydrogens is 466 g/mol. The van der Waals surface area contributed by atoms with Crippen LogP contribution < -0.4 is 14.8 Å². The van der Waals surface area contributed by atoms with Crippen molar-refractivity contribution in [2.75, 3.05) is 25.8 Å². The maximum atomic E-state index is 12.6. The highest BCUT2D eigenvalue weighted by atomic mass is 32.2. The molecule has 0 saturated heterocycles. The summed E-state index contributed by atoms with van der Waals surface area (Å²) in [4.78, 5) is 12.6. The minimum atomic E-state index is -3.54. The number of benzene rings is 1. The lowest BCUT2D eigenvalue weighted by Crippen LogP contribution is -2.13. The number of anilines is 1. The Morgan fingerprint density at radius 3 is 2.52 bits per heavy atom. The van der Waals surface area contributed by atoms with Crippen LogP contribution >= 0.6 is 11.3 Å². The van der Waals surface area contributed by atoms with Gasteiger partial charge in [0.2, 0.25) is 19.3 Å².